The fourth-order valence-corrected chi connectivity index (χ4v) is 3.00. The molecule has 0 saturated carbocycles. The zero-order valence-electron chi connectivity index (χ0n) is 12.9. The Balaban J connectivity index is 2.59. The molecule has 0 radical (unpaired) electrons. The van der Waals surface area contributed by atoms with Gasteiger partial charge in [-0.25, -0.2) is 17.6 Å². The van der Waals surface area contributed by atoms with E-state index in [1.807, 2.05) is 0 Å². The van der Waals surface area contributed by atoms with Crippen molar-refractivity contribution in [2.24, 2.45) is 0 Å². The zero-order chi connectivity index (χ0) is 18.1. The minimum Gasteiger partial charge on any atom is -0.478 e. The Morgan fingerprint density at radius 1 is 1.08 bits per heavy atom. The van der Waals surface area contributed by atoms with Crippen LogP contribution >= 0.6 is 11.6 Å². The van der Waals surface area contributed by atoms with Gasteiger partial charge in [-0.3, -0.25) is 0 Å². The number of hydrogen-bond acceptors (Lipinski definition) is 3. The molecule has 0 spiro atoms. The molecule has 0 amide bonds. The van der Waals surface area contributed by atoms with Gasteiger partial charge in [0, 0.05) is 6.26 Å². The lowest BCUT2D eigenvalue weighted by molar-refractivity contribution is -0.130. The molecule has 0 aliphatic rings. The molecule has 126 valence electrons. The maximum absolute atomic E-state index is 13.6. The summed E-state index contributed by atoms with van der Waals surface area (Å²) < 4.78 is 36.6. The van der Waals surface area contributed by atoms with Gasteiger partial charge in [0.05, 0.1) is 15.5 Å². The molecule has 0 aliphatic carbocycles. The maximum atomic E-state index is 13.6. The van der Waals surface area contributed by atoms with Crippen LogP contribution in [0.4, 0.5) is 4.39 Å². The van der Waals surface area contributed by atoms with E-state index >= 15 is 0 Å². The molecule has 0 atom stereocenters. The van der Waals surface area contributed by atoms with Crippen molar-refractivity contribution in [2.45, 2.75) is 11.8 Å². The lowest BCUT2D eigenvalue weighted by atomic mass is 9.96. The number of allylic oxidation sites excluding steroid dienone is 1. The van der Waals surface area contributed by atoms with E-state index in [0.717, 1.165) is 12.3 Å². The van der Waals surface area contributed by atoms with E-state index in [-0.39, 0.29) is 21.1 Å². The number of hydrogen-bond donors (Lipinski definition) is 1. The highest BCUT2D eigenvalue weighted by Gasteiger charge is 2.17. The minimum atomic E-state index is -3.34. The Kier molecular flexibility index (Phi) is 5.11. The molecule has 2 aromatic carbocycles. The average Bonchev–Trinajstić information content (AvgIpc) is 2.50. The van der Waals surface area contributed by atoms with Gasteiger partial charge in [0.1, 0.15) is 5.82 Å². The maximum Gasteiger partial charge on any atom is 0.336 e. The fraction of sp³-hybridized carbons (Fsp3) is 0.118. The van der Waals surface area contributed by atoms with Crippen LogP contribution in [-0.4, -0.2) is 25.7 Å². The van der Waals surface area contributed by atoms with Gasteiger partial charge in [0.25, 0.3) is 0 Å². The topological polar surface area (TPSA) is 71.4 Å². The third-order valence-electron chi connectivity index (χ3n) is 3.51. The van der Waals surface area contributed by atoms with Crippen molar-refractivity contribution in [2.75, 3.05) is 6.26 Å². The van der Waals surface area contributed by atoms with E-state index in [4.69, 9.17) is 11.6 Å². The number of benzene rings is 2. The molecule has 0 aromatic heterocycles. The zero-order valence-corrected chi connectivity index (χ0v) is 14.5. The Labute approximate surface area is 144 Å². The number of carbonyl (C=O) groups is 1. The lowest BCUT2D eigenvalue weighted by Crippen LogP contribution is -2.03. The predicted octanol–water partition coefficient (Wildman–Crippen LogP) is 3.90. The van der Waals surface area contributed by atoms with Crippen LogP contribution in [-0.2, 0) is 14.6 Å². The first-order valence-electron chi connectivity index (χ1n) is 6.81. The number of halogens is 2. The minimum absolute atomic E-state index is 0.0855. The third kappa shape index (κ3) is 3.83. The molecule has 4 nitrogen and oxygen atoms in total. The molecular formula is C17H14ClFO4S. The molecule has 0 fully saturated rings. The first-order valence-corrected chi connectivity index (χ1v) is 9.08. The summed E-state index contributed by atoms with van der Waals surface area (Å²) in [6, 6.07) is 9.59. The fourth-order valence-electron chi connectivity index (χ4n) is 2.25. The standard InChI is InChI=1S/C17H14ClFO4S/c1-10(11-3-6-13(7-4-11)24(2,22)23)16(17(20)21)12-5-8-14(18)15(19)9-12/h3-9H,1-2H3,(H,20,21)/b16-10+. The van der Waals surface area contributed by atoms with E-state index in [1.54, 1.807) is 6.92 Å². The van der Waals surface area contributed by atoms with Gasteiger partial charge >= 0.3 is 5.97 Å². The predicted molar refractivity (Wildman–Crippen MR) is 91.1 cm³/mol. The second-order valence-corrected chi connectivity index (χ2v) is 7.65. The molecule has 1 N–H and O–H groups in total. The van der Waals surface area contributed by atoms with Gasteiger partial charge in [0.15, 0.2) is 9.84 Å². The van der Waals surface area contributed by atoms with Crippen molar-refractivity contribution in [3.8, 4) is 0 Å². The normalized spacial score (nSPS) is 12.7. The Hall–Kier alpha value is -2.18. The summed E-state index contributed by atoms with van der Waals surface area (Å²) in [6.07, 6.45) is 1.09. The second kappa shape index (κ2) is 6.75. The first-order chi connectivity index (χ1) is 11.1. The summed E-state index contributed by atoms with van der Waals surface area (Å²) in [5.74, 6) is -1.94. The SMILES string of the molecule is C/C(=C(\C(=O)O)c1ccc(Cl)c(F)c1)c1ccc(S(C)(=O)=O)cc1. The molecule has 24 heavy (non-hydrogen) atoms. The summed E-state index contributed by atoms with van der Waals surface area (Å²) >= 11 is 5.63. The third-order valence-corrected chi connectivity index (χ3v) is 4.95. The van der Waals surface area contributed by atoms with E-state index in [1.165, 1.54) is 36.4 Å². The molecule has 0 bridgehead atoms. The monoisotopic (exact) mass is 368 g/mol. The van der Waals surface area contributed by atoms with E-state index in [0.29, 0.717) is 11.1 Å². The van der Waals surface area contributed by atoms with E-state index in [2.05, 4.69) is 0 Å². The molecule has 0 heterocycles. The van der Waals surface area contributed by atoms with Crippen LogP contribution in [0.5, 0.6) is 0 Å². The van der Waals surface area contributed by atoms with E-state index < -0.39 is 21.6 Å². The molecular weight excluding hydrogens is 355 g/mol. The van der Waals surface area contributed by atoms with Crippen molar-refractivity contribution < 1.29 is 22.7 Å². The number of sulfone groups is 1. The van der Waals surface area contributed by atoms with Gasteiger partial charge in [0.2, 0.25) is 0 Å². The molecule has 0 saturated heterocycles. The van der Waals surface area contributed by atoms with E-state index in [9.17, 15) is 22.7 Å². The number of carboxylic acid groups (broad SMARTS) is 1. The smallest absolute Gasteiger partial charge is 0.336 e. The first kappa shape index (κ1) is 18.2. The second-order valence-electron chi connectivity index (χ2n) is 5.23. The highest BCUT2D eigenvalue weighted by atomic mass is 35.5. The Bertz CT molecular complexity index is 932. The number of carboxylic acids is 1. The largest absolute Gasteiger partial charge is 0.478 e. The van der Waals surface area contributed by atoms with Gasteiger partial charge < -0.3 is 5.11 Å². The summed E-state index contributed by atoms with van der Waals surface area (Å²) in [5.41, 5.74) is 0.992. The highest BCUT2D eigenvalue weighted by molar-refractivity contribution is 7.90. The van der Waals surface area contributed by atoms with Crippen LogP contribution in [0.15, 0.2) is 47.4 Å². The van der Waals surface area contributed by atoms with Gasteiger partial charge in [-0.1, -0.05) is 29.8 Å². The summed E-state index contributed by atoms with van der Waals surface area (Å²) in [5, 5.41) is 9.39. The lowest BCUT2D eigenvalue weighted by Gasteiger charge is -2.10. The van der Waals surface area contributed by atoms with Crippen LogP contribution in [0.25, 0.3) is 11.1 Å². The summed E-state index contributed by atoms with van der Waals surface area (Å²) in [7, 11) is -3.34. The number of rotatable bonds is 4. The molecule has 2 aromatic rings. The van der Waals surface area contributed by atoms with Crippen molar-refractivity contribution >= 4 is 38.6 Å². The quantitative estimate of drug-likeness (QED) is 0.656. The van der Waals surface area contributed by atoms with Crippen LogP contribution in [0.1, 0.15) is 18.1 Å². The van der Waals surface area contributed by atoms with Crippen molar-refractivity contribution in [3.05, 3.63) is 64.4 Å². The van der Waals surface area contributed by atoms with Crippen LogP contribution in [0, 0.1) is 5.82 Å². The number of aliphatic carboxylic acids is 1. The van der Waals surface area contributed by atoms with Crippen molar-refractivity contribution in [1.29, 1.82) is 0 Å². The van der Waals surface area contributed by atoms with Crippen LogP contribution in [0.2, 0.25) is 5.02 Å². The Morgan fingerprint density at radius 3 is 2.08 bits per heavy atom. The van der Waals surface area contributed by atoms with Gasteiger partial charge in [-0.15, -0.1) is 0 Å². The van der Waals surface area contributed by atoms with Gasteiger partial charge in [-0.2, -0.15) is 0 Å². The highest BCUT2D eigenvalue weighted by Crippen LogP contribution is 2.29. The van der Waals surface area contributed by atoms with Crippen molar-refractivity contribution in [1.82, 2.24) is 0 Å². The molecule has 0 unspecified atom stereocenters. The summed E-state index contributed by atoms with van der Waals surface area (Å²) in [6.45, 7) is 1.57. The molecule has 0 aliphatic heterocycles. The summed E-state index contributed by atoms with van der Waals surface area (Å²) in [4.78, 5) is 11.8. The van der Waals surface area contributed by atoms with Crippen molar-refractivity contribution in [3.63, 3.8) is 0 Å². The van der Waals surface area contributed by atoms with Crippen LogP contribution < -0.4 is 0 Å². The molecule has 2 rings (SSSR count). The van der Waals surface area contributed by atoms with Gasteiger partial charge in [-0.05, 0) is 47.9 Å². The average molecular weight is 369 g/mol. The Morgan fingerprint density at radius 2 is 1.62 bits per heavy atom. The molecule has 7 heteroatoms. The van der Waals surface area contributed by atoms with Crippen LogP contribution in [0.3, 0.4) is 0 Å².